The zero-order valence-electron chi connectivity index (χ0n) is 16.1. The van der Waals surface area contributed by atoms with Crippen LogP contribution in [-0.2, 0) is 10.2 Å². The van der Waals surface area contributed by atoms with Crippen LogP contribution in [0, 0.1) is 17.0 Å². The molecular formula is C21H23NO5. The van der Waals surface area contributed by atoms with Crippen LogP contribution in [0.2, 0.25) is 0 Å². The highest BCUT2D eigenvalue weighted by molar-refractivity contribution is 6.01. The Morgan fingerprint density at radius 3 is 2.19 bits per heavy atom. The fourth-order valence-electron chi connectivity index (χ4n) is 2.69. The maximum atomic E-state index is 12.5. The number of carbonyl (C=O) groups excluding carboxylic acids is 2. The normalized spacial score (nSPS) is 12.3. The van der Waals surface area contributed by atoms with Gasteiger partial charge in [-0.15, -0.1) is 0 Å². The number of nitrogens with zero attached hydrogens (tertiary/aromatic N) is 1. The van der Waals surface area contributed by atoms with E-state index in [-0.39, 0.29) is 28.0 Å². The van der Waals surface area contributed by atoms with Gasteiger partial charge in [-0.3, -0.25) is 14.9 Å². The number of esters is 1. The van der Waals surface area contributed by atoms with Gasteiger partial charge in [0.05, 0.1) is 10.5 Å². The molecule has 0 unspecified atom stereocenters. The molecule has 27 heavy (non-hydrogen) atoms. The molecule has 2 rings (SSSR count). The second-order valence-electron chi connectivity index (χ2n) is 7.45. The molecule has 2 aromatic carbocycles. The number of hydrogen-bond acceptors (Lipinski definition) is 5. The Morgan fingerprint density at radius 1 is 1.07 bits per heavy atom. The van der Waals surface area contributed by atoms with Gasteiger partial charge < -0.3 is 4.74 Å². The Bertz CT molecular complexity index is 878. The Hall–Kier alpha value is -3.02. The number of benzene rings is 2. The molecular weight excluding hydrogens is 346 g/mol. The van der Waals surface area contributed by atoms with Crippen LogP contribution in [0.4, 0.5) is 5.69 Å². The summed E-state index contributed by atoms with van der Waals surface area (Å²) in [4.78, 5) is 35.4. The highest BCUT2D eigenvalue weighted by Crippen LogP contribution is 2.24. The second-order valence-corrected chi connectivity index (χ2v) is 7.45. The van der Waals surface area contributed by atoms with E-state index >= 15 is 0 Å². The maximum Gasteiger partial charge on any atom is 0.339 e. The molecule has 0 radical (unpaired) electrons. The van der Waals surface area contributed by atoms with E-state index < -0.39 is 17.0 Å². The van der Waals surface area contributed by atoms with Gasteiger partial charge in [-0.1, -0.05) is 51.1 Å². The average Bonchev–Trinajstić information content (AvgIpc) is 2.60. The SMILES string of the molecule is Cc1c(C(=O)O[C@@H](C)C(=O)c2ccc(C(C)(C)C)cc2)cccc1[N+](=O)[O-]. The van der Waals surface area contributed by atoms with E-state index in [0.717, 1.165) is 5.56 Å². The number of ether oxygens (including phenoxy) is 1. The summed E-state index contributed by atoms with van der Waals surface area (Å²) in [7, 11) is 0. The summed E-state index contributed by atoms with van der Waals surface area (Å²) >= 11 is 0. The topological polar surface area (TPSA) is 86.5 Å². The van der Waals surface area contributed by atoms with Crippen molar-refractivity contribution in [3.05, 3.63) is 74.8 Å². The Kier molecular flexibility index (Phi) is 5.78. The number of hydrogen-bond donors (Lipinski definition) is 0. The average molecular weight is 369 g/mol. The molecule has 6 heteroatoms. The third kappa shape index (κ3) is 4.58. The van der Waals surface area contributed by atoms with Crippen molar-refractivity contribution in [1.29, 1.82) is 0 Å². The van der Waals surface area contributed by atoms with E-state index in [1.807, 2.05) is 12.1 Å². The van der Waals surface area contributed by atoms with Crippen molar-refractivity contribution in [3.8, 4) is 0 Å². The summed E-state index contributed by atoms with van der Waals surface area (Å²) in [6.45, 7) is 9.21. The lowest BCUT2D eigenvalue weighted by Gasteiger charge is -2.19. The molecule has 0 aliphatic rings. The van der Waals surface area contributed by atoms with Crippen molar-refractivity contribution in [3.63, 3.8) is 0 Å². The summed E-state index contributed by atoms with van der Waals surface area (Å²) in [5.41, 5.74) is 1.63. The van der Waals surface area contributed by atoms with Gasteiger partial charge in [0, 0.05) is 17.2 Å². The molecule has 1 atom stereocenters. The zero-order valence-corrected chi connectivity index (χ0v) is 16.1. The number of ketones is 1. The van der Waals surface area contributed by atoms with Crippen molar-refractivity contribution in [2.24, 2.45) is 0 Å². The fraction of sp³-hybridized carbons (Fsp3) is 0.333. The monoisotopic (exact) mass is 369 g/mol. The van der Waals surface area contributed by atoms with Gasteiger partial charge >= 0.3 is 5.97 Å². The maximum absolute atomic E-state index is 12.5. The van der Waals surface area contributed by atoms with Crippen LogP contribution in [0.15, 0.2) is 42.5 Å². The third-order valence-corrected chi connectivity index (χ3v) is 4.41. The van der Waals surface area contributed by atoms with E-state index in [1.54, 1.807) is 12.1 Å². The molecule has 0 aliphatic heterocycles. The second kappa shape index (κ2) is 7.70. The highest BCUT2D eigenvalue weighted by atomic mass is 16.6. The van der Waals surface area contributed by atoms with E-state index in [4.69, 9.17) is 4.74 Å². The van der Waals surface area contributed by atoms with E-state index in [0.29, 0.717) is 5.56 Å². The zero-order chi connectivity index (χ0) is 20.4. The highest BCUT2D eigenvalue weighted by Gasteiger charge is 2.24. The van der Waals surface area contributed by atoms with Gasteiger partial charge in [0.15, 0.2) is 6.10 Å². The van der Waals surface area contributed by atoms with Gasteiger partial charge in [0.25, 0.3) is 5.69 Å². The molecule has 0 aromatic heterocycles. The summed E-state index contributed by atoms with van der Waals surface area (Å²) in [6.07, 6.45) is -1.00. The van der Waals surface area contributed by atoms with Crippen LogP contribution in [-0.4, -0.2) is 22.8 Å². The Labute approximate surface area is 158 Å². The van der Waals surface area contributed by atoms with Gasteiger partial charge in [-0.05, 0) is 30.9 Å². The van der Waals surface area contributed by atoms with Crippen LogP contribution in [0.3, 0.4) is 0 Å². The minimum absolute atomic E-state index is 0.0286. The summed E-state index contributed by atoms with van der Waals surface area (Å²) in [6, 6.07) is 11.4. The van der Waals surface area contributed by atoms with Gasteiger partial charge in [0.1, 0.15) is 0 Å². The molecule has 6 nitrogen and oxygen atoms in total. The van der Waals surface area contributed by atoms with Crippen LogP contribution in [0.25, 0.3) is 0 Å². The molecule has 0 saturated heterocycles. The van der Waals surface area contributed by atoms with E-state index in [2.05, 4.69) is 20.8 Å². The van der Waals surface area contributed by atoms with Crippen molar-refractivity contribution >= 4 is 17.4 Å². The molecule has 0 N–H and O–H groups in total. The van der Waals surface area contributed by atoms with Crippen LogP contribution < -0.4 is 0 Å². The van der Waals surface area contributed by atoms with Crippen LogP contribution >= 0.6 is 0 Å². The van der Waals surface area contributed by atoms with Gasteiger partial charge in [0.2, 0.25) is 5.78 Å². The number of carbonyl (C=O) groups is 2. The quantitative estimate of drug-likeness (QED) is 0.332. The first-order valence-corrected chi connectivity index (χ1v) is 8.62. The lowest BCUT2D eigenvalue weighted by atomic mass is 9.86. The smallest absolute Gasteiger partial charge is 0.339 e. The first-order chi connectivity index (χ1) is 12.5. The standard InChI is InChI=1S/C21H23NO5/c1-13-17(7-6-8-18(13)22(25)26)20(24)27-14(2)19(23)15-9-11-16(12-10-15)21(3,4)5/h6-12,14H,1-5H3/t14-/m0/s1. The number of nitro groups is 1. The number of rotatable bonds is 5. The molecule has 0 heterocycles. The summed E-state index contributed by atoms with van der Waals surface area (Å²) in [5, 5.41) is 11.0. The van der Waals surface area contributed by atoms with Crippen molar-refractivity contribution < 1.29 is 19.2 Å². The molecule has 0 amide bonds. The predicted octanol–water partition coefficient (Wildman–Crippen LogP) is 4.63. The molecule has 142 valence electrons. The summed E-state index contributed by atoms with van der Waals surface area (Å²) in [5.74, 6) is -1.09. The molecule has 0 aliphatic carbocycles. The largest absolute Gasteiger partial charge is 0.451 e. The molecule has 0 fully saturated rings. The van der Waals surface area contributed by atoms with Crippen molar-refractivity contribution in [1.82, 2.24) is 0 Å². The third-order valence-electron chi connectivity index (χ3n) is 4.41. The number of nitro benzene ring substituents is 1. The molecule has 2 aromatic rings. The van der Waals surface area contributed by atoms with E-state index in [9.17, 15) is 19.7 Å². The Morgan fingerprint density at radius 2 is 1.67 bits per heavy atom. The summed E-state index contributed by atoms with van der Waals surface area (Å²) < 4.78 is 5.25. The molecule has 0 saturated carbocycles. The first-order valence-electron chi connectivity index (χ1n) is 8.62. The fourth-order valence-corrected chi connectivity index (χ4v) is 2.69. The van der Waals surface area contributed by atoms with Gasteiger partial charge in [-0.25, -0.2) is 4.79 Å². The Balaban J connectivity index is 2.16. The molecule has 0 bridgehead atoms. The lowest BCUT2D eigenvalue weighted by molar-refractivity contribution is -0.385. The minimum atomic E-state index is -1.00. The van der Waals surface area contributed by atoms with Crippen molar-refractivity contribution in [2.75, 3.05) is 0 Å². The predicted molar refractivity (Wildman–Crippen MR) is 102 cm³/mol. The minimum Gasteiger partial charge on any atom is -0.451 e. The van der Waals surface area contributed by atoms with Crippen LogP contribution in [0.5, 0.6) is 0 Å². The van der Waals surface area contributed by atoms with Crippen molar-refractivity contribution in [2.45, 2.75) is 46.1 Å². The number of Topliss-reactive ketones (excluding diaryl/α,β-unsaturated/α-hetero) is 1. The lowest BCUT2D eigenvalue weighted by Crippen LogP contribution is -2.25. The first kappa shape index (κ1) is 20.3. The molecule has 0 spiro atoms. The van der Waals surface area contributed by atoms with Gasteiger partial charge in [-0.2, -0.15) is 0 Å². The van der Waals surface area contributed by atoms with E-state index in [1.165, 1.54) is 32.0 Å². The van der Waals surface area contributed by atoms with Crippen LogP contribution in [0.1, 0.15) is 59.5 Å².